The predicted molar refractivity (Wildman–Crippen MR) is 82.1 cm³/mol. The zero-order valence-corrected chi connectivity index (χ0v) is 12.8. The molecule has 4 nitrogen and oxygen atoms in total. The molecule has 0 aliphatic rings. The van der Waals surface area contributed by atoms with Crippen molar-refractivity contribution in [2.45, 2.75) is 6.54 Å². The fraction of sp³-hybridized carbons (Fsp3) is 0.143. The number of halogens is 2. The molecule has 104 valence electrons. The van der Waals surface area contributed by atoms with Crippen LogP contribution in [0.5, 0.6) is 0 Å². The number of pyridine rings is 1. The van der Waals surface area contributed by atoms with Gasteiger partial charge in [0, 0.05) is 34.1 Å². The van der Waals surface area contributed by atoms with Crippen LogP contribution in [0.15, 0.2) is 47.2 Å². The van der Waals surface area contributed by atoms with Crippen molar-refractivity contribution in [1.29, 1.82) is 0 Å². The van der Waals surface area contributed by atoms with Gasteiger partial charge in [-0.2, -0.15) is 0 Å². The lowest BCUT2D eigenvalue weighted by molar-refractivity contribution is -0.135. The Balaban J connectivity index is 2.26. The van der Waals surface area contributed by atoms with E-state index in [9.17, 15) is 4.79 Å². The van der Waals surface area contributed by atoms with Crippen molar-refractivity contribution in [1.82, 2.24) is 4.98 Å². The third-order valence-electron chi connectivity index (χ3n) is 2.63. The van der Waals surface area contributed by atoms with Crippen molar-refractivity contribution in [3.63, 3.8) is 0 Å². The maximum absolute atomic E-state index is 11.0. The normalized spacial score (nSPS) is 10.3. The molecule has 6 heteroatoms. The number of benzene rings is 1. The van der Waals surface area contributed by atoms with Gasteiger partial charge in [0.15, 0.2) is 0 Å². The largest absolute Gasteiger partial charge is 0.480 e. The maximum atomic E-state index is 11.0. The molecule has 0 saturated heterocycles. The fourth-order valence-corrected chi connectivity index (χ4v) is 2.43. The molecule has 1 aromatic heterocycles. The van der Waals surface area contributed by atoms with Gasteiger partial charge in [0.05, 0.1) is 0 Å². The third kappa shape index (κ3) is 4.21. The molecule has 0 spiro atoms. The highest BCUT2D eigenvalue weighted by Gasteiger charge is 2.12. The topological polar surface area (TPSA) is 53.4 Å². The molecule has 1 heterocycles. The molecule has 2 rings (SSSR count). The molecule has 0 saturated carbocycles. The van der Waals surface area contributed by atoms with Gasteiger partial charge in [0.1, 0.15) is 6.54 Å². The van der Waals surface area contributed by atoms with Crippen LogP contribution in [-0.2, 0) is 11.3 Å². The number of carboxylic acid groups (broad SMARTS) is 1. The van der Waals surface area contributed by atoms with E-state index in [1.54, 1.807) is 35.5 Å². The molecule has 0 bridgehead atoms. The van der Waals surface area contributed by atoms with Crippen molar-refractivity contribution in [3.8, 4) is 0 Å². The number of aromatic nitrogens is 1. The molecular formula is C14H12BrClN2O2. The summed E-state index contributed by atoms with van der Waals surface area (Å²) < 4.78 is 0.858. The summed E-state index contributed by atoms with van der Waals surface area (Å²) in [6, 6.07) is 9.04. The van der Waals surface area contributed by atoms with Crippen LogP contribution in [0, 0.1) is 0 Å². The summed E-state index contributed by atoms with van der Waals surface area (Å²) in [5.74, 6) is -0.895. The third-order valence-corrected chi connectivity index (χ3v) is 3.30. The minimum atomic E-state index is -0.895. The van der Waals surface area contributed by atoms with Crippen LogP contribution in [0.3, 0.4) is 0 Å². The molecule has 1 N–H and O–H groups in total. The Morgan fingerprint density at radius 2 is 2.15 bits per heavy atom. The van der Waals surface area contributed by atoms with E-state index in [1.807, 2.05) is 12.1 Å². The van der Waals surface area contributed by atoms with Crippen molar-refractivity contribution in [2.24, 2.45) is 0 Å². The standard InChI is InChI=1S/C14H12BrClN2O2/c15-11-4-10(6-17-7-11)8-18(9-14(19)20)13-3-1-2-12(16)5-13/h1-7H,8-9H2,(H,19,20). The average Bonchev–Trinajstić information content (AvgIpc) is 2.37. The van der Waals surface area contributed by atoms with Crippen LogP contribution in [-0.4, -0.2) is 22.6 Å². The van der Waals surface area contributed by atoms with E-state index in [-0.39, 0.29) is 6.54 Å². The second-order valence-electron chi connectivity index (χ2n) is 4.24. The van der Waals surface area contributed by atoms with Gasteiger partial charge in [-0.15, -0.1) is 0 Å². The molecule has 20 heavy (non-hydrogen) atoms. The highest BCUT2D eigenvalue weighted by Crippen LogP contribution is 2.22. The molecule has 0 aliphatic carbocycles. The van der Waals surface area contributed by atoms with Gasteiger partial charge in [-0.1, -0.05) is 17.7 Å². The lowest BCUT2D eigenvalue weighted by Crippen LogP contribution is -2.29. The van der Waals surface area contributed by atoms with Crippen molar-refractivity contribution >= 4 is 39.2 Å². The van der Waals surface area contributed by atoms with E-state index in [0.29, 0.717) is 11.6 Å². The Hall–Kier alpha value is -1.59. The number of rotatable bonds is 5. The molecule has 0 fully saturated rings. The molecule has 0 amide bonds. The van der Waals surface area contributed by atoms with Crippen molar-refractivity contribution < 1.29 is 9.90 Å². The van der Waals surface area contributed by atoms with E-state index < -0.39 is 5.97 Å². The van der Waals surface area contributed by atoms with Gasteiger partial charge in [0.25, 0.3) is 0 Å². The quantitative estimate of drug-likeness (QED) is 0.890. The second-order valence-corrected chi connectivity index (χ2v) is 5.59. The van der Waals surface area contributed by atoms with E-state index in [2.05, 4.69) is 20.9 Å². The molecule has 0 radical (unpaired) electrons. The Morgan fingerprint density at radius 3 is 2.80 bits per heavy atom. The highest BCUT2D eigenvalue weighted by atomic mass is 79.9. The van der Waals surface area contributed by atoms with Gasteiger partial charge < -0.3 is 10.0 Å². The predicted octanol–water partition coefficient (Wildman–Crippen LogP) is 3.59. The number of anilines is 1. The monoisotopic (exact) mass is 354 g/mol. The number of carbonyl (C=O) groups is 1. The fourth-order valence-electron chi connectivity index (χ4n) is 1.84. The van der Waals surface area contributed by atoms with Gasteiger partial charge >= 0.3 is 5.97 Å². The zero-order valence-electron chi connectivity index (χ0n) is 10.5. The SMILES string of the molecule is O=C(O)CN(Cc1cncc(Br)c1)c1cccc(Cl)c1. The summed E-state index contributed by atoms with van der Waals surface area (Å²) in [6.07, 6.45) is 3.40. The van der Waals surface area contributed by atoms with E-state index in [0.717, 1.165) is 15.7 Å². The van der Waals surface area contributed by atoms with Gasteiger partial charge in [-0.05, 0) is 45.8 Å². The number of carboxylic acids is 1. The smallest absolute Gasteiger partial charge is 0.323 e. The van der Waals surface area contributed by atoms with Crippen LogP contribution in [0.25, 0.3) is 0 Å². The Kier molecular flexibility index (Phi) is 4.98. The first-order valence-corrected chi connectivity index (χ1v) is 7.03. The lowest BCUT2D eigenvalue weighted by Gasteiger charge is -2.23. The van der Waals surface area contributed by atoms with Crippen LogP contribution in [0.1, 0.15) is 5.56 Å². The van der Waals surface area contributed by atoms with Crippen LogP contribution >= 0.6 is 27.5 Å². The minimum Gasteiger partial charge on any atom is -0.480 e. The van der Waals surface area contributed by atoms with Gasteiger partial charge in [0.2, 0.25) is 0 Å². The molecular weight excluding hydrogens is 344 g/mol. The maximum Gasteiger partial charge on any atom is 0.323 e. The second kappa shape index (κ2) is 6.72. The van der Waals surface area contributed by atoms with Crippen LogP contribution in [0.4, 0.5) is 5.69 Å². The average molecular weight is 356 g/mol. The Bertz CT molecular complexity index is 622. The van der Waals surface area contributed by atoms with Crippen molar-refractivity contribution in [3.05, 3.63) is 57.8 Å². The Morgan fingerprint density at radius 1 is 1.35 bits per heavy atom. The van der Waals surface area contributed by atoms with E-state index in [4.69, 9.17) is 16.7 Å². The van der Waals surface area contributed by atoms with Crippen molar-refractivity contribution in [2.75, 3.05) is 11.4 Å². The summed E-state index contributed by atoms with van der Waals surface area (Å²) >= 11 is 9.31. The van der Waals surface area contributed by atoms with Crippen LogP contribution in [0.2, 0.25) is 5.02 Å². The van der Waals surface area contributed by atoms with Crippen LogP contribution < -0.4 is 4.90 Å². The minimum absolute atomic E-state index is 0.104. The summed E-state index contributed by atoms with van der Waals surface area (Å²) in [4.78, 5) is 16.8. The highest BCUT2D eigenvalue weighted by molar-refractivity contribution is 9.10. The van der Waals surface area contributed by atoms with Gasteiger partial charge in [-0.3, -0.25) is 9.78 Å². The number of hydrogen-bond acceptors (Lipinski definition) is 3. The summed E-state index contributed by atoms with van der Waals surface area (Å²) in [6.45, 7) is 0.339. The number of nitrogens with zero attached hydrogens (tertiary/aromatic N) is 2. The Labute approximate surface area is 130 Å². The van der Waals surface area contributed by atoms with E-state index in [1.165, 1.54) is 0 Å². The molecule has 2 aromatic rings. The molecule has 1 aromatic carbocycles. The summed E-state index contributed by atoms with van der Waals surface area (Å²) in [5, 5.41) is 9.62. The molecule has 0 atom stereocenters. The summed E-state index contributed by atoms with van der Waals surface area (Å²) in [7, 11) is 0. The molecule has 0 unspecified atom stereocenters. The van der Waals surface area contributed by atoms with E-state index >= 15 is 0 Å². The first-order chi connectivity index (χ1) is 9.54. The first-order valence-electron chi connectivity index (χ1n) is 5.86. The lowest BCUT2D eigenvalue weighted by atomic mass is 10.2. The number of aliphatic carboxylic acids is 1. The first kappa shape index (κ1) is 14.8. The number of hydrogen-bond donors (Lipinski definition) is 1. The van der Waals surface area contributed by atoms with Gasteiger partial charge in [-0.25, -0.2) is 0 Å². The zero-order chi connectivity index (χ0) is 14.5. The summed E-state index contributed by atoms with van der Waals surface area (Å²) in [5.41, 5.74) is 1.68. The molecule has 0 aliphatic heterocycles.